The molecule has 4 nitrogen and oxygen atoms in total. The number of alkyl halides is 3. The lowest BCUT2D eigenvalue weighted by Gasteiger charge is -2.30. The van der Waals surface area contributed by atoms with Gasteiger partial charge in [0.15, 0.2) is 5.60 Å². The standard InChI is InChI=1S/C18H18Cl2F3NO3S/c1-11(2)24(28(26,27)16-10-13(19)6-9-15(16)20)14-7-4-12(5-8-14)17(3,25)18(21,22)23/h4-11,25H,1-3H3. The van der Waals surface area contributed by atoms with Gasteiger partial charge >= 0.3 is 6.18 Å². The van der Waals surface area contributed by atoms with Crippen LogP contribution in [0, 0.1) is 0 Å². The van der Waals surface area contributed by atoms with Crippen LogP contribution in [0.25, 0.3) is 0 Å². The van der Waals surface area contributed by atoms with Gasteiger partial charge in [0, 0.05) is 11.1 Å². The number of benzene rings is 2. The predicted molar refractivity (Wildman–Crippen MR) is 103 cm³/mol. The minimum atomic E-state index is -4.88. The minimum Gasteiger partial charge on any atom is -0.376 e. The van der Waals surface area contributed by atoms with E-state index in [4.69, 9.17) is 23.2 Å². The number of sulfonamides is 1. The molecule has 2 rings (SSSR count). The van der Waals surface area contributed by atoms with Crippen LogP contribution in [0.3, 0.4) is 0 Å². The highest BCUT2D eigenvalue weighted by atomic mass is 35.5. The highest BCUT2D eigenvalue weighted by molar-refractivity contribution is 7.93. The molecule has 0 saturated heterocycles. The summed E-state index contributed by atoms with van der Waals surface area (Å²) < 4.78 is 66.4. The highest BCUT2D eigenvalue weighted by Crippen LogP contribution is 2.39. The van der Waals surface area contributed by atoms with Crippen LogP contribution >= 0.6 is 23.2 Å². The summed E-state index contributed by atoms with van der Waals surface area (Å²) >= 11 is 11.9. The van der Waals surface area contributed by atoms with Gasteiger partial charge in [-0.2, -0.15) is 13.2 Å². The number of aliphatic hydroxyl groups is 1. The fourth-order valence-electron chi connectivity index (χ4n) is 2.59. The Balaban J connectivity index is 2.55. The molecule has 0 bridgehead atoms. The summed E-state index contributed by atoms with van der Waals surface area (Å²) in [7, 11) is -4.15. The fraction of sp³-hybridized carbons (Fsp3) is 0.333. The average molecular weight is 456 g/mol. The molecular formula is C18H18Cl2F3NO3S. The van der Waals surface area contributed by atoms with Gasteiger partial charge < -0.3 is 5.11 Å². The molecule has 2 aromatic carbocycles. The molecule has 28 heavy (non-hydrogen) atoms. The largest absolute Gasteiger partial charge is 0.421 e. The first-order valence-corrected chi connectivity index (χ1v) is 10.3. The third-order valence-electron chi connectivity index (χ3n) is 4.14. The van der Waals surface area contributed by atoms with Crippen LogP contribution in [-0.2, 0) is 15.6 Å². The lowest BCUT2D eigenvalue weighted by molar-refractivity contribution is -0.258. The molecule has 0 aliphatic carbocycles. The Morgan fingerprint density at radius 2 is 1.57 bits per heavy atom. The molecule has 0 aromatic heterocycles. The van der Waals surface area contributed by atoms with E-state index in [1.807, 2.05) is 0 Å². The molecule has 0 fully saturated rings. The third kappa shape index (κ3) is 4.25. The number of hydrogen-bond donors (Lipinski definition) is 1. The van der Waals surface area contributed by atoms with Crippen molar-refractivity contribution in [2.24, 2.45) is 0 Å². The smallest absolute Gasteiger partial charge is 0.376 e. The van der Waals surface area contributed by atoms with Gasteiger partial charge in [-0.25, -0.2) is 8.42 Å². The van der Waals surface area contributed by atoms with E-state index in [1.165, 1.54) is 30.3 Å². The van der Waals surface area contributed by atoms with Crippen molar-refractivity contribution < 1.29 is 26.7 Å². The summed E-state index contributed by atoms with van der Waals surface area (Å²) in [5, 5.41) is 9.91. The second kappa shape index (κ2) is 7.74. The average Bonchev–Trinajstić information content (AvgIpc) is 2.56. The van der Waals surface area contributed by atoms with Gasteiger partial charge in [-0.3, -0.25) is 4.31 Å². The first kappa shape index (κ1) is 22.8. The van der Waals surface area contributed by atoms with E-state index in [0.717, 1.165) is 16.4 Å². The van der Waals surface area contributed by atoms with E-state index in [9.17, 15) is 26.7 Å². The Bertz CT molecular complexity index is 959. The molecule has 1 N–H and O–H groups in total. The SMILES string of the molecule is CC(C)N(c1ccc(C(C)(O)C(F)(F)F)cc1)S(=O)(=O)c1cc(Cl)ccc1Cl. The van der Waals surface area contributed by atoms with Crippen molar-refractivity contribution >= 4 is 38.9 Å². The highest BCUT2D eigenvalue weighted by Gasteiger charge is 2.51. The van der Waals surface area contributed by atoms with Crippen molar-refractivity contribution in [1.82, 2.24) is 0 Å². The van der Waals surface area contributed by atoms with Gasteiger partial charge in [-0.1, -0.05) is 35.3 Å². The van der Waals surface area contributed by atoms with Crippen LogP contribution < -0.4 is 4.31 Å². The lowest BCUT2D eigenvalue weighted by Crippen LogP contribution is -2.39. The van der Waals surface area contributed by atoms with E-state index in [2.05, 4.69) is 0 Å². The van der Waals surface area contributed by atoms with Crippen LogP contribution in [-0.4, -0.2) is 25.7 Å². The minimum absolute atomic E-state index is 0.0355. The van der Waals surface area contributed by atoms with Crippen molar-refractivity contribution in [3.05, 3.63) is 58.1 Å². The molecule has 0 saturated carbocycles. The summed E-state index contributed by atoms with van der Waals surface area (Å²) in [5.74, 6) is 0. The number of hydrogen-bond acceptors (Lipinski definition) is 3. The summed E-state index contributed by atoms with van der Waals surface area (Å²) in [5.41, 5.74) is -3.36. The van der Waals surface area contributed by atoms with Crippen molar-refractivity contribution in [2.75, 3.05) is 4.31 Å². The molecular weight excluding hydrogens is 438 g/mol. The summed E-state index contributed by atoms with van der Waals surface area (Å²) in [6.45, 7) is 3.84. The number of halogens is 5. The molecule has 0 amide bonds. The molecule has 2 aromatic rings. The lowest BCUT2D eigenvalue weighted by atomic mass is 9.95. The first-order valence-electron chi connectivity index (χ1n) is 8.08. The van der Waals surface area contributed by atoms with Crippen molar-refractivity contribution in [3.8, 4) is 0 Å². The zero-order valence-corrected chi connectivity index (χ0v) is 17.5. The third-order valence-corrected chi connectivity index (χ3v) is 6.86. The van der Waals surface area contributed by atoms with E-state index in [1.54, 1.807) is 13.8 Å². The maximum Gasteiger partial charge on any atom is 0.421 e. The fourth-order valence-corrected chi connectivity index (χ4v) is 5.00. The van der Waals surface area contributed by atoms with Gasteiger partial charge in [0.2, 0.25) is 0 Å². The van der Waals surface area contributed by atoms with Crippen LogP contribution in [0.2, 0.25) is 10.0 Å². The van der Waals surface area contributed by atoms with E-state index >= 15 is 0 Å². The molecule has 1 atom stereocenters. The maximum atomic E-state index is 13.1. The molecule has 0 heterocycles. The molecule has 0 radical (unpaired) electrons. The van der Waals surface area contributed by atoms with Crippen molar-refractivity contribution in [3.63, 3.8) is 0 Å². The van der Waals surface area contributed by atoms with Gasteiger partial charge in [0.1, 0.15) is 4.90 Å². The zero-order valence-electron chi connectivity index (χ0n) is 15.1. The Morgan fingerprint density at radius 3 is 2.04 bits per heavy atom. The number of nitrogens with zero attached hydrogens (tertiary/aromatic N) is 1. The monoisotopic (exact) mass is 455 g/mol. The molecule has 1 unspecified atom stereocenters. The van der Waals surface area contributed by atoms with Crippen LogP contribution in [0.1, 0.15) is 26.3 Å². The zero-order chi connectivity index (χ0) is 21.5. The Labute approximate surface area is 171 Å². The molecule has 0 aliphatic rings. The quantitative estimate of drug-likeness (QED) is 0.659. The Morgan fingerprint density at radius 1 is 1.04 bits per heavy atom. The maximum absolute atomic E-state index is 13.1. The molecule has 154 valence electrons. The van der Waals surface area contributed by atoms with Crippen molar-refractivity contribution in [1.29, 1.82) is 0 Å². The van der Waals surface area contributed by atoms with Crippen molar-refractivity contribution in [2.45, 2.75) is 43.5 Å². The van der Waals surface area contributed by atoms with Gasteiger partial charge in [-0.05, 0) is 56.7 Å². The summed E-state index contributed by atoms with van der Waals surface area (Å²) in [6, 6.07) is 7.89. The van der Waals surface area contributed by atoms with Gasteiger partial charge in [0.05, 0.1) is 10.7 Å². The summed E-state index contributed by atoms with van der Waals surface area (Å²) in [4.78, 5) is -0.221. The Kier molecular flexibility index (Phi) is 6.31. The topological polar surface area (TPSA) is 57.6 Å². The van der Waals surface area contributed by atoms with E-state index < -0.39 is 33.4 Å². The van der Waals surface area contributed by atoms with Gasteiger partial charge in [0.25, 0.3) is 10.0 Å². The predicted octanol–water partition coefficient (Wildman–Crippen LogP) is 5.37. The second-order valence-corrected chi connectivity index (χ2v) is 9.21. The second-order valence-electron chi connectivity index (χ2n) is 6.59. The van der Waals surface area contributed by atoms with E-state index in [0.29, 0.717) is 6.92 Å². The van der Waals surface area contributed by atoms with E-state index in [-0.39, 0.29) is 20.6 Å². The Hall–Kier alpha value is -1.48. The number of rotatable bonds is 5. The molecule has 0 spiro atoms. The van der Waals surface area contributed by atoms with Gasteiger partial charge in [-0.15, -0.1) is 0 Å². The molecule has 10 heteroatoms. The van der Waals surface area contributed by atoms with Crippen LogP contribution in [0.15, 0.2) is 47.4 Å². The molecule has 0 aliphatic heterocycles. The van der Waals surface area contributed by atoms with Crippen LogP contribution in [0.4, 0.5) is 18.9 Å². The number of anilines is 1. The summed E-state index contributed by atoms with van der Waals surface area (Å²) in [6.07, 6.45) is -4.88. The normalized spacial score (nSPS) is 14.8. The first-order chi connectivity index (χ1) is 12.7. The van der Waals surface area contributed by atoms with Crippen LogP contribution in [0.5, 0.6) is 0 Å².